The van der Waals surface area contributed by atoms with Crippen LogP contribution in [0.25, 0.3) is 33.2 Å². The smallest absolute Gasteiger partial charge is 0.133 e. The van der Waals surface area contributed by atoms with Crippen molar-refractivity contribution in [3.63, 3.8) is 0 Å². The summed E-state index contributed by atoms with van der Waals surface area (Å²) in [6, 6.07) is 5.57. The Morgan fingerprint density at radius 1 is 0.650 bits per heavy atom. The standard InChI is InChI=1S/C12H4F2N4S2/c13-5-1-3-7-11(17-19-15-7)9(5)10-6(14)2-4-8-12(10)18-20-16-8/h1-4H. The van der Waals surface area contributed by atoms with Crippen LogP contribution in [-0.4, -0.2) is 17.5 Å². The molecule has 2 heterocycles. The van der Waals surface area contributed by atoms with Gasteiger partial charge in [0.05, 0.1) is 34.6 Å². The first-order chi connectivity index (χ1) is 9.75. The highest BCUT2D eigenvalue weighted by Crippen LogP contribution is 2.36. The summed E-state index contributed by atoms with van der Waals surface area (Å²) in [6.45, 7) is 0. The van der Waals surface area contributed by atoms with Crippen LogP contribution in [0.3, 0.4) is 0 Å². The summed E-state index contributed by atoms with van der Waals surface area (Å²) >= 11 is 1.92. The van der Waals surface area contributed by atoms with E-state index in [1.165, 1.54) is 24.3 Å². The maximum Gasteiger partial charge on any atom is 0.133 e. The third kappa shape index (κ3) is 1.55. The monoisotopic (exact) mass is 306 g/mol. The van der Waals surface area contributed by atoms with E-state index in [9.17, 15) is 8.78 Å². The van der Waals surface area contributed by atoms with Crippen molar-refractivity contribution >= 4 is 45.5 Å². The SMILES string of the molecule is Fc1ccc2nsnc2c1-c1c(F)ccc2nsnc12. The van der Waals surface area contributed by atoms with Gasteiger partial charge in [0.25, 0.3) is 0 Å². The molecule has 8 heteroatoms. The normalized spacial score (nSPS) is 11.5. The van der Waals surface area contributed by atoms with Crippen LogP contribution in [0.4, 0.5) is 8.78 Å². The molecule has 2 aromatic heterocycles. The lowest BCUT2D eigenvalue weighted by molar-refractivity contribution is 0.618. The maximum atomic E-state index is 14.2. The molecule has 0 fully saturated rings. The molecule has 0 aliphatic carbocycles. The van der Waals surface area contributed by atoms with E-state index in [-0.39, 0.29) is 11.1 Å². The van der Waals surface area contributed by atoms with Gasteiger partial charge in [0.2, 0.25) is 0 Å². The van der Waals surface area contributed by atoms with Crippen molar-refractivity contribution in [3.05, 3.63) is 35.9 Å². The van der Waals surface area contributed by atoms with E-state index < -0.39 is 11.6 Å². The second-order valence-corrected chi connectivity index (χ2v) is 5.17. The van der Waals surface area contributed by atoms with Gasteiger partial charge in [0.1, 0.15) is 33.7 Å². The number of halogens is 2. The van der Waals surface area contributed by atoms with E-state index in [0.717, 1.165) is 23.5 Å². The molecule has 0 saturated carbocycles. The zero-order valence-electron chi connectivity index (χ0n) is 9.67. The number of hydrogen-bond donors (Lipinski definition) is 0. The summed E-state index contributed by atoms with van der Waals surface area (Å²) < 4.78 is 44.7. The number of aromatic nitrogens is 4. The molecule has 4 rings (SSSR count). The predicted octanol–water partition coefficient (Wildman–Crippen LogP) is 3.64. The second kappa shape index (κ2) is 4.22. The molecule has 20 heavy (non-hydrogen) atoms. The maximum absolute atomic E-state index is 14.2. The molecular weight excluding hydrogens is 302 g/mol. The minimum Gasteiger partial charge on any atom is -0.206 e. The lowest BCUT2D eigenvalue weighted by Crippen LogP contribution is -1.92. The fourth-order valence-electron chi connectivity index (χ4n) is 2.13. The van der Waals surface area contributed by atoms with Crippen LogP contribution in [0.1, 0.15) is 0 Å². The first kappa shape index (κ1) is 11.7. The predicted molar refractivity (Wildman–Crippen MR) is 73.7 cm³/mol. The Morgan fingerprint density at radius 2 is 1.10 bits per heavy atom. The molecule has 98 valence electrons. The summed E-state index contributed by atoms with van der Waals surface area (Å²) in [4.78, 5) is 0. The first-order valence-electron chi connectivity index (χ1n) is 5.57. The molecular formula is C12H4F2N4S2. The number of benzene rings is 2. The molecule has 0 radical (unpaired) electrons. The average molecular weight is 306 g/mol. The number of nitrogens with zero attached hydrogens (tertiary/aromatic N) is 4. The molecule has 4 nitrogen and oxygen atoms in total. The summed E-state index contributed by atoms with van der Waals surface area (Å²) in [5, 5.41) is 0. The highest BCUT2D eigenvalue weighted by Gasteiger charge is 2.21. The number of hydrogen-bond acceptors (Lipinski definition) is 6. The summed E-state index contributed by atoms with van der Waals surface area (Å²) in [7, 11) is 0. The molecule has 0 saturated heterocycles. The Hall–Kier alpha value is -2.06. The zero-order chi connectivity index (χ0) is 13.7. The Morgan fingerprint density at radius 3 is 1.55 bits per heavy atom. The van der Waals surface area contributed by atoms with Crippen LogP contribution < -0.4 is 0 Å². The van der Waals surface area contributed by atoms with Crippen molar-refractivity contribution in [2.45, 2.75) is 0 Å². The van der Waals surface area contributed by atoms with Gasteiger partial charge in [-0.3, -0.25) is 0 Å². The van der Waals surface area contributed by atoms with Gasteiger partial charge in [-0.2, -0.15) is 17.5 Å². The Kier molecular flexibility index (Phi) is 2.48. The van der Waals surface area contributed by atoms with E-state index in [1.807, 2.05) is 0 Å². The zero-order valence-corrected chi connectivity index (χ0v) is 11.3. The van der Waals surface area contributed by atoms with E-state index in [4.69, 9.17) is 0 Å². The van der Waals surface area contributed by atoms with Gasteiger partial charge in [-0.05, 0) is 24.3 Å². The Bertz CT molecular complexity index is 869. The van der Waals surface area contributed by atoms with E-state index in [1.54, 1.807) is 0 Å². The third-order valence-electron chi connectivity index (χ3n) is 3.00. The molecule has 2 aromatic carbocycles. The molecule has 0 unspecified atom stereocenters. The molecule has 0 aliphatic heterocycles. The minimum absolute atomic E-state index is 0.0899. The van der Waals surface area contributed by atoms with E-state index >= 15 is 0 Å². The summed E-state index contributed by atoms with van der Waals surface area (Å²) in [5.74, 6) is -1.10. The van der Waals surface area contributed by atoms with Crippen molar-refractivity contribution in [1.29, 1.82) is 0 Å². The summed E-state index contributed by atoms with van der Waals surface area (Å²) in [6.07, 6.45) is 0. The number of fused-ring (bicyclic) bond motifs is 2. The van der Waals surface area contributed by atoms with Crippen molar-refractivity contribution in [2.24, 2.45) is 0 Å². The highest BCUT2D eigenvalue weighted by atomic mass is 32.1. The van der Waals surface area contributed by atoms with Crippen molar-refractivity contribution in [2.75, 3.05) is 0 Å². The van der Waals surface area contributed by atoms with E-state index in [2.05, 4.69) is 17.5 Å². The fourth-order valence-corrected chi connectivity index (χ4v) is 3.21. The van der Waals surface area contributed by atoms with Crippen LogP contribution in [0.2, 0.25) is 0 Å². The van der Waals surface area contributed by atoms with Crippen LogP contribution in [-0.2, 0) is 0 Å². The van der Waals surface area contributed by atoms with Crippen LogP contribution in [0, 0.1) is 11.6 Å². The van der Waals surface area contributed by atoms with Crippen LogP contribution in [0.15, 0.2) is 24.3 Å². The molecule has 4 aromatic rings. The quantitative estimate of drug-likeness (QED) is 0.539. The van der Waals surface area contributed by atoms with E-state index in [0.29, 0.717) is 22.1 Å². The summed E-state index contributed by atoms with van der Waals surface area (Å²) in [5.41, 5.74) is 1.93. The van der Waals surface area contributed by atoms with Crippen LogP contribution in [0.5, 0.6) is 0 Å². The molecule has 0 amide bonds. The lowest BCUT2D eigenvalue weighted by atomic mass is 10.0. The molecule has 0 spiro atoms. The van der Waals surface area contributed by atoms with Crippen molar-refractivity contribution in [3.8, 4) is 11.1 Å². The third-order valence-corrected chi connectivity index (χ3v) is 4.09. The largest absolute Gasteiger partial charge is 0.206 e. The van der Waals surface area contributed by atoms with Gasteiger partial charge < -0.3 is 0 Å². The highest BCUT2D eigenvalue weighted by molar-refractivity contribution is 7.00. The van der Waals surface area contributed by atoms with Crippen LogP contribution >= 0.6 is 23.5 Å². The van der Waals surface area contributed by atoms with Gasteiger partial charge >= 0.3 is 0 Å². The van der Waals surface area contributed by atoms with Gasteiger partial charge in [-0.1, -0.05) is 0 Å². The van der Waals surface area contributed by atoms with Gasteiger partial charge in [-0.25, -0.2) is 8.78 Å². The average Bonchev–Trinajstić information content (AvgIpc) is 3.08. The molecule has 0 bridgehead atoms. The Labute approximate surface area is 119 Å². The molecule has 0 N–H and O–H groups in total. The first-order valence-corrected chi connectivity index (χ1v) is 7.03. The van der Waals surface area contributed by atoms with Crippen molar-refractivity contribution < 1.29 is 8.78 Å². The number of rotatable bonds is 1. The Balaban J connectivity index is 2.21. The topological polar surface area (TPSA) is 51.6 Å². The minimum atomic E-state index is -0.551. The lowest BCUT2D eigenvalue weighted by Gasteiger charge is -2.06. The van der Waals surface area contributed by atoms with Gasteiger partial charge in [0, 0.05) is 0 Å². The second-order valence-electron chi connectivity index (χ2n) is 4.11. The van der Waals surface area contributed by atoms with Crippen molar-refractivity contribution in [1.82, 2.24) is 17.5 Å². The molecule has 0 aliphatic rings. The van der Waals surface area contributed by atoms with Gasteiger partial charge in [-0.15, -0.1) is 0 Å². The fraction of sp³-hybridized carbons (Fsp3) is 0. The molecule has 0 atom stereocenters. The van der Waals surface area contributed by atoms with Gasteiger partial charge in [0.15, 0.2) is 0 Å².